The quantitative estimate of drug-likeness (QED) is 0.882. The lowest BCUT2D eigenvalue weighted by Gasteiger charge is -2.28. The molecule has 2 aromatic rings. The van der Waals surface area contributed by atoms with Crippen molar-refractivity contribution in [3.8, 4) is 5.69 Å². The van der Waals surface area contributed by atoms with Crippen LogP contribution in [0.1, 0.15) is 19.2 Å². The molecule has 1 fully saturated rings. The van der Waals surface area contributed by atoms with Crippen molar-refractivity contribution in [2.24, 2.45) is 0 Å². The van der Waals surface area contributed by atoms with Gasteiger partial charge in [0.2, 0.25) is 0 Å². The Morgan fingerprint density at radius 1 is 1.19 bits per heavy atom. The Kier molecular flexibility index (Phi) is 4.36. The van der Waals surface area contributed by atoms with E-state index in [1.165, 1.54) is 5.69 Å². The van der Waals surface area contributed by atoms with Gasteiger partial charge in [0, 0.05) is 30.9 Å². The molecule has 5 nitrogen and oxygen atoms in total. The van der Waals surface area contributed by atoms with Gasteiger partial charge in [-0.25, -0.2) is 0 Å². The zero-order valence-corrected chi connectivity index (χ0v) is 13.0. The molecule has 0 saturated carbocycles. The zero-order chi connectivity index (χ0) is 14.7. The first kappa shape index (κ1) is 14.3. The van der Waals surface area contributed by atoms with Gasteiger partial charge in [-0.05, 0) is 42.9 Å². The SMILES string of the molecule is CCCc1n[nH]c(=S)n1-c1ccc(N2CCOCC2)cc1. The normalized spacial score (nSPS) is 15.4. The molecule has 112 valence electrons. The number of aryl methyl sites for hydroxylation is 1. The second-order valence-electron chi connectivity index (χ2n) is 5.15. The van der Waals surface area contributed by atoms with Gasteiger partial charge < -0.3 is 9.64 Å². The Hall–Kier alpha value is -1.66. The molecule has 1 aliphatic rings. The van der Waals surface area contributed by atoms with Gasteiger partial charge in [-0.3, -0.25) is 9.67 Å². The summed E-state index contributed by atoms with van der Waals surface area (Å²) in [6, 6.07) is 8.50. The first-order valence-electron chi connectivity index (χ1n) is 7.39. The fourth-order valence-electron chi connectivity index (χ4n) is 2.62. The number of anilines is 1. The van der Waals surface area contributed by atoms with E-state index in [4.69, 9.17) is 17.0 Å². The van der Waals surface area contributed by atoms with Crippen molar-refractivity contribution < 1.29 is 4.74 Å². The molecule has 1 aromatic carbocycles. The summed E-state index contributed by atoms with van der Waals surface area (Å²) in [5.41, 5.74) is 2.29. The molecule has 0 spiro atoms. The van der Waals surface area contributed by atoms with Gasteiger partial charge >= 0.3 is 0 Å². The molecule has 0 bridgehead atoms. The van der Waals surface area contributed by atoms with E-state index >= 15 is 0 Å². The van der Waals surface area contributed by atoms with Crippen molar-refractivity contribution in [1.82, 2.24) is 14.8 Å². The van der Waals surface area contributed by atoms with Crippen molar-refractivity contribution in [2.75, 3.05) is 31.2 Å². The van der Waals surface area contributed by atoms with E-state index in [0.717, 1.165) is 50.7 Å². The van der Waals surface area contributed by atoms with Crippen molar-refractivity contribution in [2.45, 2.75) is 19.8 Å². The van der Waals surface area contributed by atoms with E-state index in [-0.39, 0.29) is 0 Å². The molecule has 2 heterocycles. The summed E-state index contributed by atoms with van der Waals surface area (Å²) >= 11 is 5.35. The first-order valence-corrected chi connectivity index (χ1v) is 7.80. The highest BCUT2D eigenvalue weighted by Crippen LogP contribution is 2.20. The maximum absolute atomic E-state index is 5.39. The van der Waals surface area contributed by atoms with Crippen LogP contribution in [0.15, 0.2) is 24.3 Å². The smallest absolute Gasteiger partial charge is 0.199 e. The van der Waals surface area contributed by atoms with Gasteiger partial charge in [0.05, 0.1) is 13.2 Å². The van der Waals surface area contributed by atoms with Gasteiger partial charge in [-0.15, -0.1) is 0 Å². The molecule has 1 N–H and O–H groups in total. The highest BCUT2D eigenvalue weighted by molar-refractivity contribution is 7.71. The highest BCUT2D eigenvalue weighted by atomic mass is 32.1. The van der Waals surface area contributed by atoms with Crippen molar-refractivity contribution in [1.29, 1.82) is 0 Å². The Labute approximate surface area is 129 Å². The molecule has 1 aliphatic heterocycles. The van der Waals surface area contributed by atoms with E-state index in [1.54, 1.807) is 0 Å². The Bertz CT molecular complexity index is 640. The van der Waals surface area contributed by atoms with Gasteiger partial charge in [0.25, 0.3) is 0 Å². The number of rotatable bonds is 4. The Balaban J connectivity index is 1.87. The second kappa shape index (κ2) is 6.41. The minimum atomic E-state index is 0.651. The van der Waals surface area contributed by atoms with Crippen LogP contribution in [0, 0.1) is 4.77 Å². The van der Waals surface area contributed by atoms with Gasteiger partial charge in [0.15, 0.2) is 4.77 Å². The number of hydrogen-bond donors (Lipinski definition) is 1. The lowest BCUT2D eigenvalue weighted by molar-refractivity contribution is 0.122. The van der Waals surface area contributed by atoms with Crippen LogP contribution in [0.5, 0.6) is 0 Å². The molecule has 21 heavy (non-hydrogen) atoms. The number of ether oxygens (including phenoxy) is 1. The van der Waals surface area contributed by atoms with Crippen LogP contribution in [0.4, 0.5) is 5.69 Å². The van der Waals surface area contributed by atoms with Gasteiger partial charge in [0.1, 0.15) is 5.82 Å². The lowest BCUT2D eigenvalue weighted by atomic mass is 10.2. The Morgan fingerprint density at radius 3 is 2.52 bits per heavy atom. The fourth-order valence-corrected chi connectivity index (χ4v) is 2.88. The van der Waals surface area contributed by atoms with Gasteiger partial charge in [-0.1, -0.05) is 6.92 Å². The van der Waals surface area contributed by atoms with Crippen LogP contribution in [0.3, 0.4) is 0 Å². The molecular formula is C15H20N4OS. The van der Waals surface area contributed by atoms with Crippen molar-refractivity contribution in [3.63, 3.8) is 0 Å². The van der Waals surface area contributed by atoms with E-state index in [1.807, 2.05) is 4.57 Å². The Morgan fingerprint density at radius 2 is 1.86 bits per heavy atom. The van der Waals surface area contributed by atoms with E-state index in [0.29, 0.717) is 4.77 Å². The maximum Gasteiger partial charge on any atom is 0.199 e. The fraction of sp³-hybridized carbons (Fsp3) is 0.467. The molecule has 1 aromatic heterocycles. The van der Waals surface area contributed by atoms with E-state index < -0.39 is 0 Å². The summed E-state index contributed by atoms with van der Waals surface area (Å²) in [5, 5.41) is 7.20. The number of aromatic nitrogens is 3. The molecule has 6 heteroatoms. The molecule has 1 saturated heterocycles. The third-order valence-electron chi connectivity index (χ3n) is 3.70. The number of nitrogens with zero attached hydrogens (tertiary/aromatic N) is 3. The van der Waals surface area contributed by atoms with Crippen LogP contribution >= 0.6 is 12.2 Å². The molecule has 0 aliphatic carbocycles. The van der Waals surface area contributed by atoms with Crippen molar-refractivity contribution in [3.05, 3.63) is 34.9 Å². The van der Waals surface area contributed by atoms with Crippen LogP contribution in [-0.2, 0) is 11.2 Å². The molecular weight excluding hydrogens is 284 g/mol. The summed E-state index contributed by atoms with van der Waals surface area (Å²) in [5.74, 6) is 0.988. The average Bonchev–Trinajstić information content (AvgIpc) is 2.90. The molecule has 0 amide bonds. The lowest BCUT2D eigenvalue weighted by Crippen LogP contribution is -2.36. The summed E-state index contributed by atoms with van der Waals surface area (Å²) in [6.07, 6.45) is 1.96. The summed E-state index contributed by atoms with van der Waals surface area (Å²) in [4.78, 5) is 2.34. The predicted octanol–water partition coefficient (Wildman–Crippen LogP) is 2.72. The van der Waals surface area contributed by atoms with E-state index in [9.17, 15) is 0 Å². The number of aromatic amines is 1. The summed E-state index contributed by atoms with van der Waals surface area (Å²) in [7, 11) is 0. The minimum Gasteiger partial charge on any atom is -0.378 e. The molecule has 0 unspecified atom stereocenters. The number of H-pyrrole nitrogens is 1. The zero-order valence-electron chi connectivity index (χ0n) is 12.2. The van der Waals surface area contributed by atoms with E-state index in [2.05, 4.69) is 46.3 Å². The second-order valence-corrected chi connectivity index (χ2v) is 5.53. The first-order chi connectivity index (χ1) is 10.3. The highest BCUT2D eigenvalue weighted by Gasteiger charge is 2.12. The number of benzene rings is 1. The monoisotopic (exact) mass is 304 g/mol. The van der Waals surface area contributed by atoms with Crippen LogP contribution in [0.25, 0.3) is 5.69 Å². The maximum atomic E-state index is 5.39. The third kappa shape index (κ3) is 3.01. The topological polar surface area (TPSA) is 46.1 Å². The molecule has 0 radical (unpaired) electrons. The standard InChI is InChI=1S/C15H20N4OS/c1-2-3-14-16-17-15(21)19(14)13-6-4-12(5-7-13)18-8-10-20-11-9-18/h4-7H,2-3,8-11H2,1H3,(H,17,21). The van der Waals surface area contributed by atoms with Crippen molar-refractivity contribution >= 4 is 17.9 Å². The van der Waals surface area contributed by atoms with Gasteiger partial charge in [-0.2, -0.15) is 5.10 Å². The van der Waals surface area contributed by atoms with Crippen LogP contribution in [0.2, 0.25) is 0 Å². The van der Waals surface area contributed by atoms with Crippen LogP contribution in [-0.4, -0.2) is 41.1 Å². The summed E-state index contributed by atoms with van der Waals surface area (Å²) in [6.45, 7) is 5.64. The average molecular weight is 304 g/mol. The minimum absolute atomic E-state index is 0.651. The number of morpholine rings is 1. The summed E-state index contributed by atoms with van der Waals surface area (Å²) < 4.78 is 8.06. The largest absolute Gasteiger partial charge is 0.378 e. The number of nitrogens with one attached hydrogen (secondary N) is 1. The van der Waals surface area contributed by atoms with Crippen LogP contribution < -0.4 is 4.90 Å². The predicted molar refractivity (Wildman–Crippen MR) is 85.8 cm³/mol. The molecule has 0 atom stereocenters. The number of hydrogen-bond acceptors (Lipinski definition) is 4. The third-order valence-corrected chi connectivity index (χ3v) is 3.97. The molecule has 3 rings (SSSR count).